The first-order chi connectivity index (χ1) is 18.5. The van der Waals surface area contributed by atoms with Gasteiger partial charge in [0.1, 0.15) is 23.5 Å². The summed E-state index contributed by atoms with van der Waals surface area (Å²) in [5, 5.41) is 5.77. The van der Waals surface area contributed by atoms with Gasteiger partial charge in [-0.05, 0) is 69.9 Å². The molecule has 5 atom stereocenters. The number of amides is 3. The van der Waals surface area contributed by atoms with Gasteiger partial charge in [0.25, 0.3) is 0 Å². The maximum atomic E-state index is 14.2. The van der Waals surface area contributed by atoms with Crippen LogP contribution in [0.25, 0.3) is 11.3 Å². The third-order valence-corrected chi connectivity index (χ3v) is 8.02. The van der Waals surface area contributed by atoms with Gasteiger partial charge in [0.15, 0.2) is 0 Å². The molecule has 2 heterocycles. The summed E-state index contributed by atoms with van der Waals surface area (Å²) in [4.78, 5) is 48.4. The third-order valence-electron chi connectivity index (χ3n) is 8.02. The normalized spacial score (nSPS) is 22.3. The van der Waals surface area contributed by atoms with E-state index in [0.29, 0.717) is 29.9 Å². The summed E-state index contributed by atoms with van der Waals surface area (Å²) in [5.74, 6) is -1.03. The number of piperidine rings is 1. The van der Waals surface area contributed by atoms with Gasteiger partial charge in [0.05, 0.1) is 17.9 Å². The van der Waals surface area contributed by atoms with E-state index in [1.54, 1.807) is 6.92 Å². The fraction of sp³-hybridized carbons (Fsp3) is 0.586. The second kappa shape index (κ2) is 12.3. The van der Waals surface area contributed by atoms with E-state index in [4.69, 9.17) is 0 Å². The summed E-state index contributed by atoms with van der Waals surface area (Å²) in [6.45, 7) is 8.64. The van der Waals surface area contributed by atoms with Gasteiger partial charge in [-0.2, -0.15) is 0 Å². The number of carbonyl (C=O) groups excluding carboxylic acids is 3. The van der Waals surface area contributed by atoms with Crippen LogP contribution in [0.3, 0.4) is 0 Å². The second-order valence-electron chi connectivity index (χ2n) is 11.3. The van der Waals surface area contributed by atoms with Gasteiger partial charge in [-0.15, -0.1) is 0 Å². The Bertz CT molecular complexity index is 1200. The fourth-order valence-corrected chi connectivity index (χ4v) is 5.46. The van der Waals surface area contributed by atoms with E-state index in [-0.39, 0.29) is 42.2 Å². The predicted octanol–water partition coefficient (Wildman–Crippen LogP) is 4.49. The van der Waals surface area contributed by atoms with E-state index >= 15 is 0 Å². The van der Waals surface area contributed by atoms with E-state index in [0.717, 1.165) is 37.8 Å². The number of benzene rings is 1. The standard InChI is InChI=1S/C29H39F2N5O3/c1-16(2)21-14-22(21)28(38)35-24(10-11-26(37)36-12-6-5-7-17(36)3)29(39)33-18(4)27-32-15-25(34-27)20-9-8-19(30)13-23(20)31/h8-9,13,15-18,21-22,24H,5-7,10-12,14H2,1-4H3,(H,32,34)(H,33,39)(H,35,38)/t17-,18-,21?,22?,24-/m0/s1. The lowest BCUT2D eigenvalue weighted by Crippen LogP contribution is -2.49. The number of nitrogens with zero attached hydrogens (tertiary/aromatic N) is 2. The summed E-state index contributed by atoms with van der Waals surface area (Å²) in [6, 6.07) is 1.99. The van der Waals surface area contributed by atoms with Crippen LogP contribution in [0.15, 0.2) is 24.4 Å². The Morgan fingerprint density at radius 1 is 1.15 bits per heavy atom. The van der Waals surface area contributed by atoms with Gasteiger partial charge < -0.3 is 20.5 Å². The predicted molar refractivity (Wildman–Crippen MR) is 143 cm³/mol. The molecule has 0 radical (unpaired) electrons. The highest BCUT2D eigenvalue weighted by Gasteiger charge is 2.45. The monoisotopic (exact) mass is 543 g/mol. The zero-order chi connectivity index (χ0) is 28.3. The van der Waals surface area contributed by atoms with Crippen molar-refractivity contribution in [2.45, 2.75) is 84.3 Å². The smallest absolute Gasteiger partial charge is 0.243 e. The number of rotatable bonds is 10. The highest BCUT2D eigenvalue weighted by Crippen LogP contribution is 2.44. The van der Waals surface area contributed by atoms with Crippen LogP contribution in [0.5, 0.6) is 0 Å². The van der Waals surface area contributed by atoms with Gasteiger partial charge in [-0.1, -0.05) is 13.8 Å². The molecule has 2 unspecified atom stereocenters. The molecular weight excluding hydrogens is 504 g/mol. The minimum Gasteiger partial charge on any atom is -0.345 e. The molecule has 3 amide bonds. The molecule has 10 heteroatoms. The maximum Gasteiger partial charge on any atom is 0.243 e. The SMILES string of the molecule is CC(C)C1CC1C(=O)N[C@@H](CCC(=O)N1CCCC[C@@H]1C)C(=O)N[C@@H](C)c1ncc(-c2ccc(F)cc2F)[nH]1. The molecule has 39 heavy (non-hydrogen) atoms. The summed E-state index contributed by atoms with van der Waals surface area (Å²) in [6.07, 6.45) is 5.61. The fourth-order valence-electron chi connectivity index (χ4n) is 5.46. The lowest BCUT2D eigenvalue weighted by Gasteiger charge is -2.34. The minimum absolute atomic E-state index is 0.00854. The van der Waals surface area contributed by atoms with E-state index < -0.39 is 29.6 Å². The summed E-state index contributed by atoms with van der Waals surface area (Å²) >= 11 is 0. The number of aromatic nitrogens is 2. The third kappa shape index (κ3) is 7.02. The molecule has 1 saturated carbocycles. The first-order valence-electron chi connectivity index (χ1n) is 14.0. The first-order valence-corrected chi connectivity index (χ1v) is 14.0. The maximum absolute atomic E-state index is 14.2. The number of imidazole rings is 1. The zero-order valence-electron chi connectivity index (χ0n) is 23.1. The van der Waals surface area contributed by atoms with Crippen molar-refractivity contribution in [3.63, 3.8) is 0 Å². The van der Waals surface area contributed by atoms with Gasteiger partial charge >= 0.3 is 0 Å². The van der Waals surface area contributed by atoms with Crippen molar-refractivity contribution in [1.82, 2.24) is 25.5 Å². The number of aromatic amines is 1. The minimum atomic E-state index is -0.874. The molecule has 1 aromatic heterocycles. The van der Waals surface area contributed by atoms with Crippen molar-refractivity contribution < 1.29 is 23.2 Å². The van der Waals surface area contributed by atoms with Crippen LogP contribution in [-0.4, -0.2) is 51.2 Å². The van der Waals surface area contributed by atoms with Crippen LogP contribution in [0.2, 0.25) is 0 Å². The van der Waals surface area contributed by atoms with Gasteiger partial charge in [-0.25, -0.2) is 13.8 Å². The summed E-state index contributed by atoms with van der Waals surface area (Å²) in [5.41, 5.74) is 0.511. The highest BCUT2D eigenvalue weighted by molar-refractivity contribution is 5.90. The van der Waals surface area contributed by atoms with Crippen LogP contribution in [0.1, 0.15) is 78.1 Å². The van der Waals surface area contributed by atoms with Crippen LogP contribution in [-0.2, 0) is 14.4 Å². The molecule has 0 bridgehead atoms. The molecule has 3 N–H and O–H groups in total. The van der Waals surface area contributed by atoms with E-state index in [1.165, 1.54) is 12.3 Å². The molecule has 1 saturated heterocycles. The molecule has 1 aliphatic heterocycles. The Labute approximate surface area is 228 Å². The second-order valence-corrected chi connectivity index (χ2v) is 11.3. The Kier molecular flexibility index (Phi) is 9.02. The van der Waals surface area contributed by atoms with Crippen LogP contribution in [0, 0.1) is 29.4 Å². The van der Waals surface area contributed by atoms with Crippen molar-refractivity contribution in [2.24, 2.45) is 17.8 Å². The number of hydrogen-bond acceptors (Lipinski definition) is 4. The van der Waals surface area contributed by atoms with Crippen molar-refractivity contribution >= 4 is 17.7 Å². The lowest BCUT2D eigenvalue weighted by molar-refractivity contribution is -0.135. The topological polar surface area (TPSA) is 107 Å². The van der Waals surface area contributed by atoms with E-state index in [9.17, 15) is 23.2 Å². The Hall–Kier alpha value is -3.30. The Morgan fingerprint density at radius 3 is 2.59 bits per heavy atom. The van der Waals surface area contributed by atoms with Crippen molar-refractivity contribution in [3.8, 4) is 11.3 Å². The van der Waals surface area contributed by atoms with Gasteiger partial charge in [0.2, 0.25) is 17.7 Å². The van der Waals surface area contributed by atoms with Gasteiger partial charge in [0, 0.05) is 36.6 Å². The summed E-state index contributed by atoms with van der Waals surface area (Å²) < 4.78 is 27.5. The van der Waals surface area contributed by atoms with E-state index in [2.05, 4.69) is 34.4 Å². The average molecular weight is 544 g/mol. The Morgan fingerprint density at radius 2 is 1.92 bits per heavy atom. The molecule has 2 fully saturated rings. The molecule has 2 aromatic rings. The first kappa shape index (κ1) is 28.7. The van der Waals surface area contributed by atoms with Crippen LogP contribution in [0.4, 0.5) is 8.78 Å². The molecular formula is C29H39F2N5O3. The molecule has 2 aliphatic rings. The number of nitrogens with one attached hydrogen (secondary N) is 3. The van der Waals surface area contributed by atoms with E-state index in [1.807, 2.05) is 11.8 Å². The molecule has 1 aromatic carbocycles. The van der Waals surface area contributed by atoms with Crippen LogP contribution >= 0.6 is 0 Å². The number of likely N-dealkylation sites (tertiary alicyclic amines) is 1. The molecule has 1 aliphatic carbocycles. The number of H-pyrrole nitrogens is 1. The number of halogens is 2. The zero-order valence-corrected chi connectivity index (χ0v) is 23.1. The largest absolute Gasteiger partial charge is 0.345 e. The molecule has 212 valence electrons. The number of hydrogen-bond donors (Lipinski definition) is 3. The molecule has 4 rings (SSSR count). The average Bonchev–Trinajstić information content (AvgIpc) is 3.56. The molecule has 8 nitrogen and oxygen atoms in total. The van der Waals surface area contributed by atoms with Crippen LogP contribution < -0.4 is 10.6 Å². The number of carbonyl (C=O) groups is 3. The highest BCUT2D eigenvalue weighted by atomic mass is 19.1. The molecule has 0 spiro atoms. The van der Waals surface area contributed by atoms with Gasteiger partial charge in [-0.3, -0.25) is 14.4 Å². The quantitative estimate of drug-likeness (QED) is 0.410. The van der Waals surface area contributed by atoms with Crippen molar-refractivity contribution in [2.75, 3.05) is 6.54 Å². The van der Waals surface area contributed by atoms with Crippen molar-refractivity contribution in [3.05, 3.63) is 41.9 Å². The lowest BCUT2D eigenvalue weighted by atomic mass is 10.0. The Balaban J connectivity index is 1.42. The van der Waals surface area contributed by atoms with Crippen molar-refractivity contribution in [1.29, 1.82) is 0 Å². The summed E-state index contributed by atoms with van der Waals surface area (Å²) in [7, 11) is 0.